The van der Waals surface area contributed by atoms with Crippen LogP contribution in [0.15, 0.2) is 18.2 Å². The molecule has 0 fully saturated rings. The summed E-state index contributed by atoms with van der Waals surface area (Å²) in [5.41, 5.74) is 3.89. The molecule has 0 spiro atoms. The Morgan fingerprint density at radius 1 is 1.12 bits per heavy atom. The monoisotopic (exact) mass is 223 g/mol. The number of hydrogen-bond acceptors (Lipinski definition) is 3. The van der Waals surface area contributed by atoms with Crippen LogP contribution in [0.2, 0.25) is 0 Å². The number of rotatable bonds is 6. The number of aryl methyl sites for hydroxylation is 2. The number of benzene rings is 1. The van der Waals surface area contributed by atoms with Crippen molar-refractivity contribution in [3.63, 3.8) is 0 Å². The van der Waals surface area contributed by atoms with Gasteiger partial charge in [0.1, 0.15) is 0 Å². The summed E-state index contributed by atoms with van der Waals surface area (Å²) in [7, 11) is 0. The Bertz CT molecular complexity index is 322. The highest BCUT2D eigenvalue weighted by molar-refractivity contribution is 5.30. The molecular weight excluding hydrogens is 202 g/mol. The highest BCUT2D eigenvalue weighted by Crippen LogP contribution is 2.09. The molecule has 3 nitrogen and oxygen atoms in total. The maximum atomic E-state index is 8.88. The minimum absolute atomic E-state index is 0.0244. The Hall–Kier alpha value is -0.900. The molecule has 16 heavy (non-hydrogen) atoms. The zero-order valence-electron chi connectivity index (χ0n) is 10.0. The van der Waals surface area contributed by atoms with E-state index < -0.39 is 0 Å². The summed E-state index contributed by atoms with van der Waals surface area (Å²) < 4.78 is 0. The molecular formula is C13H21NO2. The van der Waals surface area contributed by atoms with Crippen LogP contribution in [0.4, 0.5) is 0 Å². The van der Waals surface area contributed by atoms with Crippen LogP contribution in [0, 0.1) is 13.8 Å². The Balaban J connectivity index is 2.40. The van der Waals surface area contributed by atoms with Gasteiger partial charge in [0.05, 0.1) is 19.3 Å². The fraction of sp³-hybridized carbons (Fsp3) is 0.538. The minimum atomic E-state index is -0.202. The molecule has 0 atom stereocenters. The lowest BCUT2D eigenvalue weighted by Gasteiger charge is -2.13. The third-order valence-corrected chi connectivity index (χ3v) is 2.86. The topological polar surface area (TPSA) is 52.5 Å². The molecule has 0 heterocycles. The molecule has 1 aromatic carbocycles. The lowest BCUT2D eigenvalue weighted by molar-refractivity contribution is 0.171. The van der Waals surface area contributed by atoms with Gasteiger partial charge < -0.3 is 15.5 Å². The van der Waals surface area contributed by atoms with Gasteiger partial charge in [0.15, 0.2) is 0 Å². The standard InChI is InChI=1S/C13H21NO2/c1-10-3-4-12(7-11(10)2)5-6-14-13(8-15)9-16/h3-4,7,13-16H,5-6,8-9H2,1-2H3. The van der Waals surface area contributed by atoms with Crippen LogP contribution in [0.25, 0.3) is 0 Å². The van der Waals surface area contributed by atoms with Gasteiger partial charge >= 0.3 is 0 Å². The van der Waals surface area contributed by atoms with Gasteiger partial charge in [-0.2, -0.15) is 0 Å². The highest BCUT2D eigenvalue weighted by atomic mass is 16.3. The van der Waals surface area contributed by atoms with Crippen molar-refractivity contribution in [1.82, 2.24) is 5.32 Å². The van der Waals surface area contributed by atoms with Crippen molar-refractivity contribution in [3.05, 3.63) is 34.9 Å². The van der Waals surface area contributed by atoms with Crippen molar-refractivity contribution in [2.24, 2.45) is 0 Å². The van der Waals surface area contributed by atoms with E-state index in [0.29, 0.717) is 0 Å². The predicted molar refractivity (Wildman–Crippen MR) is 65.6 cm³/mol. The summed E-state index contributed by atoms with van der Waals surface area (Å²) in [6, 6.07) is 6.23. The normalized spacial score (nSPS) is 11.1. The Morgan fingerprint density at radius 2 is 1.81 bits per heavy atom. The number of hydrogen-bond donors (Lipinski definition) is 3. The SMILES string of the molecule is Cc1ccc(CCNC(CO)CO)cc1C. The van der Waals surface area contributed by atoms with Crippen LogP contribution < -0.4 is 5.32 Å². The van der Waals surface area contributed by atoms with Gasteiger partial charge in [-0.1, -0.05) is 18.2 Å². The number of aliphatic hydroxyl groups is 2. The maximum Gasteiger partial charge on any atom is 0.0607 e. The first-order valence-electron chi connectivity index (χ1n) is 5.68. The van der Waals surface area contributed by atoms with E-state index in [9.17, 15) is 0 Å². The van der Waals surface area contributed by atoms with Crippen molar-refractivity contribution in [2.75, 3.05) is 19.8 Å². The van der Waals surface area contributed by atoms with Crippen molar-refractivity contribution >= 4 is 0 Å². The first-order chi connectivity index (χ1) is 7.67. The number of aliphatic hydroxyl groups excluding tert-OH is 2. The molecule has 0 saturated heterocycles. The van der Waals surface area contributed by atoms with Gasteiger partial charge in [-0.25, -0.2) is 0 Å². The summed E-state index contributed by atoms with van der Waals surface area (Å²) >= 11 is 0. The summed E-state index contributed by atoms with van der Waals surface area (Å²) in [5, 5.41) is 20.9. The summed E-state index contributed by atoms with van der Waals surface area (Å²) in [4.78, 5) is 0. The minimum Gasteiger partial charge on any atom is -0.395 e. The van der Waals surface area contributed by atoms with E-state index in [0.717, 1.165) is 13.0 Å². The van der Waals surface area contributed by atoms with Crippen LogP contribution in [0.3, 0.4) is 0 Å². The van der Waals surface area contributed by atoms with Crippen molar-refractivity contribution in [1.29, 1.82) is 0 Å². The second-order valence-electron chi connectivity index (χ2n) is 4.18. The Kier molecular flexibility index (Phi) is 5.46. The van der Waals surface area contributed by atoms with Gasteiger partial charge in [0, 0.05) is 0 Å². The molecule has 0 saturated carbocycles. The highest BCUT2D eigenvalue weighted by Gasteiger charge is 2.03. The maximum absolute atomic E-state index is 8.88. The molecule has 0 aromatic heterocycles. The fourth-order valence-corrected chi connectivity index (χ4v) is 1.57. The molecule has 0 amide bonds. The summed E-state index contributed by atoms with van der Waals surface area (Å²) in [6.45, 7) is 4.93. The van der Waals surface area contributed by atoms with E-state index in [4.69, 9.17) is 10.2 Å². The first kappa shape index (κ1) is 13.2. The van der Waals surface area contributed by atoms with E-state index in [-0.39, 0.29) is 19.3 Å². The molecule has 1 aromatic rings. The molecule has 0 unspecified atom stereocenters. The van der Waals surface area contributed by atoms with E-state index in [2.05, 4.69) is 37.4 Å². The lowest BCUT2D eigenvalue weighted by atomic mass is 10.0. The smallest absolute Gasteiger partial charge is 0.0607 e. The van der Waals surface area contributed by atoms with Gasteiger partial charge in [0.25, 0.3) is 0 Å². The molecule has 0 bridgehead atoms. The van der Waals surface area contributed by atoms with Crippen LogP contribution in [-0.4, -0.2) is 36.0 Å². The van der Waals surface area contributed by atoms with E-state index in [1.54, 1.807) is 0 Å². The molecule has 3 N–H and O–H groups in total. The third-order valence-electron chi connectivity index (χ3n) is 2.86. The van der Waals surface area contributed by atoms with E-state index in [1.807, 2.05) is 0 Å². The van der Waals surface area contributed by atoms with E-state index >= 15 is 0 Å². The summed E-state index contributed by atoms with van der Waals surface area (Å²) in [5.74, 6) is 0. The van der Waals surface area contributed by atoms with Crippen molar-refractivity contribution in [2.45, 2.75) is 26.3 Å². The molecule has 1 rings (SSSR count). The van der Waals surface area contributed by atoms with Crippen LogP contribution in [0.5, 0.6) is 0 Å². The quantitative estimate of drug-likeness (QED) is 0.668. The fourth-order valence-electron chi connectivity index (χ4n) is 1.57. The third kappa shape index (κ3) is 3.93. The molecule has 0 aliphatic heterocycles. The average Bonchev–Trinajstić information content (AvgIpc) is 2.29. The van der Waals surface area contributed by atoms with Gasteiger partial charge in [-0.15, -0.1) is 0 Å². The second kappa shape index (κ2) is 6.63. The van der Waals surface area contributed by atoms with Crippen LogP contribution in [0.1, 0.15) is 16.7 Å². The van der Waals surface area contributed by atoms with Crippen LogP contribution in [-0.2, 0) is 6.42 Å². The van der Waals surface area contributed by atoms with Crippen LogP contribution >= 0.6 is 0 Å². The van der Waals surface area contributed by atoms with Gasteiger partial charge in [-0.05, 0) is 43.5 Å². The average molecular weight is 223 g/mol. The largest absolute Gasteiger partial charge is 0.395 e. The molecule has 0 aliphatic rings. The van der Waals surface area contributed by atoms with Gasteiger partial charge in [0.2, 0.25) is 0 Å². The Labute approximate surface area is 97.1 Å². The molecule has 3 heteroatoms. The lowest BCUT2D eigenvalue weighted by Crippen LogP contribution is -2.36. The zero-order chi connectivity index (χ0) is 12.0. The van der Waals surface area contributed by atoms with Crippen molar-refractivity contribution < 1.29 is 10.2 Å². The zero-order valence-corrected chi connectivity index (χ0v) is 10.0. The predicted octanol–water partition coefficient (Wildman–Crippen LogP) is 0.789. The number of nitrogens with one attached hydrogen (secondary N) is 1. The first-order valence-corrected chi connectivity index (χ1v) is 5.68. The van der Waals surface area contributed by atoms with Gasteiger partial charge in [-0.3, -0.25) is 0 Å². The molecule has 0 radical (unpaired) electrons. The van der Waals surface area contributed by atoms with E-state index in [1.165, 1.54) is 16.7 Å². The summed E-state index contributed by atoms with van der Waals surface area (Å²) in [6.07, 6.45) is 0.914. The molecule has 90 valence electrons. The van der Waals surface area contributed by atoms with Crippen molar-refractivity contribution in [3.8, 4) is 0 Å². The Morgan fingerprint density at radius 3 is 2.38 bits per heavy atom. The second-order valence-corrected chi connectivity index (χ2v) is 4.18. The molecule has 0 aliphatic carbocycles.